The molecule has 1 amide bonds. The highest BCUT2D eigenvalue weighted by Gasteiger charge is 2.40. The summed E-state index contributed by atoms with van der Waals surface area (Å²) in [6, 6.07) is 10.8. The largest absolute Gasteiger partial charge is 0.307 e. The van der Waals surface area contributed by atoms with Gasteiger partial charge >= 0.3 is 10.2 Å². The second-order valence-corrected chi connectivity index (χ2v) is 6.82. The maximum atomic E-state index is 13.2. The quantitative estimate of drug-likeness (QED) is 0.804. The van der Waals surface area contributed by atoms with Crippen LogP contribution in [-0.2, 0) is 15.0 Å². The fourth-order valence-electron chi connectivity index (χ4n) is 2.52. The molecule has 0 bridgehead atoms. The van der Waals surface area contributed by atoms with Crippen molar-refractivity contribution < 1.29 is 17.1 Å². The van der Waals surface area contributed by atoms with Gasteiger partial charge in [0.25, 0.3) is 0 Å². The molecule has 1 saturated heterocycles. The van der Waals surface area contributed by atoms with Crippen LogP contribution >= 0.6 is 0 Å². The molecule has 0 N–H and O–H groups in total. The highest BCUT2D eigenvalue weighted by Crippen LogP contribution is 2.28. The molecule has 1 unspecified atom stereocenters. The van der Waals surface area contributed by atoms with Gasteiger partial charge in [-0.25, -0.2) is 4.68 Å². The van der Waals surface area contributed by atoms with Crippen LogP contribution < -0.4 is 4.90 Å². The number of nitrogens with zero attached hydrogens (tertiary/aromatic N) is 3. The molecule has 0 saturated carbocycles. The molecule has 6 nitrogen and oxygen atoms in total. The number of hydrogen-bond donors (Lipinski definition) is 0. The molecule has 1 aliphatic rings. The van der Waals surface area contributed by atoms with Gasteiger partial charge in [-0.3, -0.25) is 9.69 Å². The molecular formula is C14H14FN3O3S. The lowest BCUT2D eigenvalue weighted by molar-refractivity contribution is -0.117. The van der Waals surface area contributed by atoms with E-state index in [2.05, 4.69) is 5.10 Å². The molecule has 0 radical (unpaired) electrons. The molecule has 2 heterocycles. The number of anilines is 1. The molecule has 22 heavy (non-hydrogen) atoms. The normalized spacial score (nSPS) is 18.9. The first-order chi connectivity index (χ1) is 10.4. The van der Waals surface area contributed by atoms with E-state index in [0.717, 1.165) is 5.69 Å². The second-order valence-electron chi connectivity index (χ2n) is 5.20. The Morgan fingerprint density at radius 2 is 1.95 bits per heavy atom. The van der Waals surface area contributed by atoms with E-state index in [1.165, 1.54) is 4.90 Å². The van der Waals surface area contributed by atoms with Crippen LogP contribution in [0.2, 0.25) is 0 Å². The van der Waals surface area contributed by atoms with E-state index in [4.69, 9.17) is 0 Å². The van der Waals surface area contributed by atoms with E-state index < -0.39 is 21.4 Å². The Hall–Kier alpha value is -2.22. The van der Waals surface area contributed by atoms with Crippen molar-refractivity contribution in [3.8, 4) is 5.69 Å². The third kappa shape index (κ3) is 2.61. The molecule has 116 valence electrons. The van der Waals surface area contributed by atoms with Crippen molar-refractivity contribution in [2.24, 2.45) is 0 Å². The summed E-state index contributed by atoms with van der Waals surface area (Å²) in [5.74, 6) is 0.0168. The van der Waals surface area contributed by atoms with Crippen molar-refractivity contribution in [2.75, 3.05) is 11.4 Å². The summed E-state index contributed by atoms with van der Waals surface area (Å²) in [4.78, 5) is 13.4. The van der Waals surface area contributed by atoms with Gasteiger partial charge in [0, 0.05) is 19.0 Å². The van der Waals surface area contributed by atoms with Crippen molar-refractivity contribution in [1.29, 1.82) is 0 Å². The van der Waals surface area contributed by atoms with Crippen LogP contribution in [0.5, 0.6) is 0 Å². The summed E-state index contributed by atoms with van der Waals surface area (Å²) in [5, 5.41) is 3.01. The summed E-state index contributed by atoms with van der Waals surface area (Å²) in [6.07, 6.45) is -0.349. The molecule has 3 rings (SSSR count). The number of carbonyl (C=O) groups excluding carboxylic acids is 1. The van der Waals surface area contributed by atoms with Crippen molar-refractivity contribution in [3.05, 3.63) is 42.1 Å². The number of rotatable bonds is 3. The van der Waals surface area contributed by atoms with Gasteiger partial charge in [0.05, 0.1) is 11.4 Å². The monoisotopic (exact) mass is 323 g/mol. The number of aromatic nitrogens is 2. The van der Waals surface area contributed by atoms with Gasteiger partial charge in [0.1, 0.15) is 11.1 Å². The molecule has 1 atom stereocenters. The topological polar surface area (TPSA) is 72.3 Å². The van der Waals surface area contributed by atoms with Gasteiger partial charge in [-0.2, -0.15) is 13.5 Å². The van der Waals surface area contributed by atoms with Crippen molar-refractivity contribution in [1.82, 2.24) is 9.78 Å². The van der Waals surface area contributed by atoms with E-state index >= 15 is 0 Å². The van der Waals surface area contributed by atoms with E-state index in [9.17, 15) is 17.1 Å². The van der Waals surface area contributed by atoms with Crippen LogP contribution in [0.15, 0.2) is 36.4 Å². The Morgan fingerprint density at radius 3 is 2.55 bits per heavy atom. The van der Waals surface area contributed by atoms with Crippen LogP contribution in [0, 0.1) is 6.92 Å². The van der Waals surface area contributed by atoms with Crippen molar-refractivity contribution in [3.63, 3.8) is 0 Å². The highest BCUT2D eigenvalue weighted by molar-refractivity contribution is 7.87. The standard InChI is InChI=1S/C14H14FN3O3S/c1-10-7-13(18(16-10)11-5-3-2-4-6-11)17-9-12(8-14(17)19)22(15,20)21/h2-7,12H,8-9H2,1H3. The average Bonchev–Trinajstić information content (AvgIpc) is 3.02. The summed E-state index contributed by atoms with van der Waals surface area (Å²) >= 11 is 0. The third-order valence-electron chi connectivity index (χ3n) is 3.58. The number of carbonyl (C=O) groups is 1. The highest BCUT2D eigenvalue weighted by atomic mass is 32.3. The lowest BCUT2D eigenvalue weighted by atomic mass is 10.3. The zero-order chi connectivity index (χ0) is 15.9. The molecule has 1 fully saturated rings. The molecule has 1 aliphatic heterocycles. The van der Waals surface area contributed by atoms with E-state index in [1.807, 2.05) is 30.3 Å². The van der Waals surface area contributed by atoms with Gasteiger partial charge in [0.15, 0.2) is 0 Å². The first-order valence-electron chi connectivity index (χ1n) is 6.72. The number of benzene rings is 1. The fraction of sp³-hybridized carbons (Fsp3) is 0.286. The Morgan fingerprint density at radius 1 is 1.27 bits per heavy atom. The minimum atomic E-state index is -4.74. The average molecular weight is 323 g/mol. The minimum absolute atomic E-state index is 0.199. The lowest BCUT2D eigenvalue weighted by Crippen LogP contribution is -2.28. The second kappa shape index (κ2) is 5.20. The van der Waals surface area contributed by atoms with Crippen molar-refractivity contribution in [2.45, 2.75) is 18.6 Å². The molecule has 0 aliphatic carbocycles. The first kappa shape index (κ1) is 14.7. The Kier molecular flexibility index (Phi) is 3.48. The number of hydrogen-bond acceptors (Lipinski definition) is 4. The molecule has 2 aromatic rings. The summed E-state index contributed by atoms with van der Waals surface area (Å²) < 4.78 is 36.8. The Bertz CT molecular complexity index is 817. The summed E-state index contributed by atoms with van der Waals surface area (Å²) in [6.45, 7) is 1.57. The van der Waals surface area contributed by atoms with Crippen LogP contribution in [0.4, 0.5) is 9.70 Å². The fourth-order valence-corrected chi connectivity index (χ4v) is 3.19. The SMILES string of the molecule is Cc1cc(N2CC(S(=O)(=O)F)CC2=O)n(-c2ccccc2)n1. The van der Waals surface area contributed by atoms with E-state index in [1.54, 1.807) is 17.7 Å². The molecule has 1 aromatic carbocycles. The Labute approximate surface area is 127 Å². The number of aryl methyl sites for hydroxylation is 1. The smallest absolute Gasteiger partial charge is 0.295 e. The van der Waals surface area contributed by atoms with Gasteiger partial charge < -0.3 is 0 Å². The minimum Gasteiger partial charge on any atom is -0.295 e. The van der Waals surface area contributed by atoms with Gasteiger partial charge in [0.2, 0.25) is 5.91 Å². The number of halogens is 1. The molecular weight excluding hydrogens is 309 g/mol. The molecule has 8 heteroatoms. The van der Waals surface area contributed by atoms with E-state index in [0.29, 0.717) is 11.5 Å². The number of amides is 1. The predicted octanol–water partition coefficient (Wildman–Crippen LogP) is 1.59. The Balaban J connectivity index is 2.01. The summed E-state index contributed by atoms with van der Waals surface area (Å²) in [5.41, 5.74) is 1.42. The van der Waals surface area contributed by atoms with Gasteiger partial charge in [-0.05, 0) is 19.1 Å². The molecule has 0 spiro atoms. The first-order valence-corrected chi connectivity index (χ1v) is 8.17. The lowest BCUT2D eigenvalue weighted by Gasteiger charge is -2.17. The van der Waals surface area contributed by atoms with E-state index in [-0.39, 0.29) is 13.0 Å². The van der Waals surface area contributed by atoms with Crippen LogP contribution in [0.25, 0.3) is 5.69 Å². The molecule has 1 aromatic heterocycles. The maximum absolute atomic E-state index is 13.2. The predicted molar refractivity (Wildman–Crippen MR) is 79.1 cm³/mol. The summed E-state index contributed by atoms with van der Waals surface area (Å²) in [7, 11) is -4.74. The third-order valence-corrected chi connectivity index (χ3v) is 4.69. The van der Waals surface area contributed by atoms with Crippen LogP contribution in [-0.4, -0.2) is 35.9 Å². The van der Waals surface area contributed by atoms with Gasteiger partial charge in [-0.15, -0.1) is 3.89 Å². The maximum Gasteiger partial charge on any atom is 0.307 e. The van der Waals surface area contributed by atoms with Crippen molar-refractivity contribution >= 4 is 21.9 Å². The van der Waals surface area contributed by atoms with Crippen LogP contribution in [0.1, 0.15) is 12.1 Å². The zero-order valence-electron chi connectivity index (χ0n) is 11.8. The zero-order valence-corrected chi connectivity index (χ0v) is 12.6. The van der Waals surface area contributed by atoms with Gasteiger partial charge in [-0.1, -0.05) is 18.2 Å². The number of para-hydroxylation sites is 1. The van der Waals surface area contributed by atoms with Crippen LogP contribution in [0.3, 0.4) is 0 Å².